The predicted molar refractivity (Wildman–Crippen MR) is 92.2 cm³/mol. The number of benzene rings is 1. The molecule has 4 heteroatoms. The lowest BCUT2D eigenvalue weighted by atomic mass is 9.88. The number of hydrogen-bond donors (Lipinski definition) is 1. The first-order valence-corrected chi connectivity index (χ1v) is 9.05. The van der Waals surface area contributed by atoms with E-state index in [0.29, 0.717) is 5.92 Å². The zero-order valence-corrected chi connectivity index (χ0v) is 14.2. The number of halogens is 1. The molecule has 1 aromatic heterocycles. The average molecular weight is 364 g/mol. The molecule has 2 aromatic rings. The topological polar surface area (TPSA) is 29.1 Å². The fraction of sp³-hybridized carbons (Fsp3) is 0.353. The SMILES string of the molecule is O=C(Nc1ccccc1Br)c1csc(C2CCCCC2)c1. The van der Waals surface area contributed by atoms with Crippen molar-refractivity contribution in [2.75, 3.05) is 5.32 Å². The van der Waals surface area contributed by atoms with Gasteiger partial charge in [-0.25, -0.2) is 0 Å². The van der Waals surface area contributed by atoms with Gasteiger partial charge in [-0.2, -0.15) is 0 Å². The summed E-state index contributed by atoms with van der Waals surface area (Å²) in [6, 6.07) is 9.76. The zero-order valence-electron chi connectivity index (χ0n) is 11.8. The molecule has 0 spiro atoms. The van der Waals surface area contributed by atoms with Crippen LogP contribution in [-0.2, 0) is 0 Å². The average Bonchev–Trinajstić information content (AvgIpc) is 3.00. The van der Waals surface area contributed by atoms with Gasteiger partial charge in [-0.05, 0) is 52.9 Å². The first-order chi connectivity index (χ1) is 10.2. The molecule has 1 amide bonds. The van der Waals surface area contributed by atoms with Gasteiger partial charge in [-0.1, -0.05) is 31.4 Å². The number of thiophene rings is 1. The molecule has 21 heavy (non-hydrogen) atoms. The van der Waals surface area contributed by atoms with Crippen molar-refractivity contribution in [2.45, 2.75) is 38.0 Å². The van der Waals surface area contributed by atoms with E-state index >= 15 is 0 Å². The number of carbonyl (C=O) groups excluding carboxylic acids is 1. The second kappa shape index (κ2) is 6.75. The predicted octanol–water partition coefficient (Wildman–Crippen LogP) is 5.81. The highest BCUT2D eigenvalue weighted by Crippen LogP contribution is 2.36. The fourth-order valence-electron chi connectivity index (χ4n) is 2.83. The van der Waals surface area contributed by atoms with E-state index in [1.807, 2.05) is 29.6 Å². The highest BCUT2D eigenvalue weighted by molar-refractivity contribution is 9.10. The van der Waals surface area contributed by atoms with E-state index in [2.05, 4.69) is 27.3 Å². The van der Waals surface area contributed by atoms with Gasteiger partial charge in [0.15, 0.2) is 0 Å². The number of rotatable bonds is 3. The monoisotopic (exact) mass is 363 g/mol. The molecule has 0 saturated heterocycles. The van der Waals surface area contributed by atoms with Crippen molar-refractivity contribution >= 4 is 38.9 Å². The fourth-order valence-corrected chi connectivity index (χ4v) is 4.28. The molecule has 0 radical (unpaired) electrons. The van der Waals surface area contributed by atoms with Crippen LogP contribution in [0.5, 0.6) is 0 Å². The van der Waals surface area contributed by atoms with Gasteiger partial charge < -0.3 is 5.32 Å². The summed E-state index contributed by atoms with van der Waals surface area (Å²) in [7, 11) is 0. The molecule has 1 saturated carbocycles. The molecule has 1 heterocycles. The summed E-state index contributed by atoms with van der Waals surface area (Å²) >= 11 is 5.18. The largest absolute Gasteiger partial charge is 0.321 e. The van der Waals surface area contributed by atoms with Crippen LogP contribution in [0.3, 0.4) is 0 Å². The maximum Gasteiger partial charge on any atom is 0.256 e. The number of anilines is 1. The summed E-state index contributed by atoms with van der Waals surface area (Å²) < 4.78 is 0.904. The Bertz CT molecular complexity index is 631. The number of nitrogens with one attached hydrogen (secondary N) is 1. The van der Waals surface area contributed by atoms with Crippen LogP contribution in [0.25, 0.3) is 0 Å². The van der Waals surface area contributed by atoms with E-state index in [1.165, 1.54) is 37.0 Å². The molecular weight excluding hydrogens is 346 g/mol. The van der Waals surface area contributed by atoms with Gasteiger partial charge in [0.25, 0.3) is 5.91 Å². The summed E-state index contributed by atoms with van der Waals surface area (Å²) in [6.07, 6.45) is 6.54. The van der Waals surface area contributed by atoms with Gasteiger partial charge in [0.05, 0.1) is 11.3 Å². The van der Waals surface area contributed by atoms with Gasteiger partial charge in [0.1, 0.15) is 0 Å². The molecule has 3 rings (SSSR count). The van der Waals surface area contributed by atoms with Gasteiger partial charge in [-0.15, -0.1) is 11.3 Å². The molecule has 0 bridgehead atoms. The van der Waals surface area contributed by atoms with Crippen LogP contribution in [0.2, 0.25) is 0 Å². The van der Waals surface area contributed by atoms with Crippen molar-refractivity contribution in [3.05, 3.63) is 50.6 Å². The molecule has 1 aliphatic rings. The van der Waals surface area contributed by atoms with Crippen LogP contribution in [0.4, 0.5) is 5.69 Å². The van der Waals surface area contributed by atoms with E-state index in [0.717, 1.165) is 15.7 Å². The van der Waals surface area contributed by atoms with E-state index in [9.17, 15) is 4.79 Å². The number of hydrogen-bond acceptors (Lipinski definition) is 2. The van der Waals surface area contributed by atoms with E-state index < -0.39 is 0 Å². The molecule has 1 N–H and O–H groups in total. The molecule has 1 aliphatic carbocycles. The lowest BCUT2D eigenvalue weighted by Gasteiger charge is -2.19. The minimum absolute atomic E-state index is 0.0276. The Labute approximate surface area is 137 Å². The third kappa shape index (κ3) is 3.55. The van der Waals surface area contributed by atoms with Crippen molar-refractivity contribution in [1.29, 1.82) is 0 Å². The maximum atomic E-state index is 12.3. The molecule has 0 unspecified atom stereocenters. The van der Waals surface area contributed by atoms with Crippen molar-refractivity contribution in [2.24, 2.45) is 0 Å². The van der Waals surface area contributed by atoms with Crippen LogP contribution < -0.4 is 5.32 Å². The normalized spacial score (nSPS) is 15.9. The van der Waals surface area contributed by atoms with Crippen LogP contribution in [0, 0.1) is 0 Å². The Morgan fingerprint density at radius 3 is 2.71 bits per heavy atom. The van der Waals surface area contributed by atoms with Crippen molar-refractivity contribution in [1.82, 2.24) is 0 Å². The van der Waals surface area contributed by atoms with Gasteiger partial charge in [-0.3, -0.25) is 4.79 Å². The van der Waals surface area contributed by atoms with E-state index in [-0.39, 0.29) is 5.91 Å². The maximum absolute atomic E-state index is 12.3. The van der Waals surface area contributed by atoms with Crippen LogP contribution in [-0.4, -0.2) is 5.91 Å². The first kappa shape index (κ1) is 14.8. The van der Waals surface area contributed by atoms with Crippen LogP contribution in [0.1, 0.15) is 53.3 Å². The second-order valence-electron chi connectivity index (χ2n) is 5.51. The first-order valence-electron chi connectivity index (χ1n) is 7.38. The summed E-state index contributed by atoms with van der Waals surface area (Å²) in [4.78, 5) is 13.7. The number of para-hydroxylation sites is 1. The molecule has 0 atom stereocenters. The third-order valence-electron chi connectivity index (χ3n) is 4.01. The van der Waals surface area contributed by atoms with Gasteiger partial charge in [0.2, 0.25) is 0 Å². The molecule has 110 valence electrons. The molecule has 0 aliphatic heterocycles. The molecule has 2 nitrogen and oxygen atoms in total. The van der Waals surface area contributed by atoms with Gasteiger partial charge in [0, 0.05) is 14.7 Å². The Morgan fingerprint density at radius 1 is 1.19 bits per heavy atom. The van der Waals surface area contributed by atoms with E-state index in [1.54, 1.807) is 11.3 Å². The smallest absolute Gasteiger partial charge is 0.256 e. The Hall–Kier alpha value is -1.13. The summed E-state index contributed by atoms with van der Waals surface area (Å²) in [5.74, 6) is 0.633. The lowest BCUT2D eigenvalue weighted by Crippen LogP contribution is -2.11. The van der Waals surface area contributed by atoms with Crippen molar-refractivity contribution in [3.8, 4) is 0 Å². The Morgan fingerprint density at radius 2 is 1.95 bits per heavy atom. The lowest BCUT2D eigenvalue weighted by molar-refractivity contribution is 0.102. The van der Waals surface area contributed by atoms with E-state index in [4.69, 9.17) is 0 Å². The summed E-state index contributed by atoms with van der Waals surface area (Å²) in [5.41, 5.74) is 1.59. The zero-order chi connectivity index (χ0) is 14.7. The second-order valence-corrected chi connectivity index (χ2v) is 7.30. The van der Waals surface area contributed by atoms with Crippen molar-refractivity contribution in [3.63, 3.8) is 0 Å². The highest BCUT2D eigenvalue weighted by atomic mass is 79.9. The standard InChI is InChI=1S/C17H18BrNOS/c18-14-8-4-5-9-15(14)19-17(20)13-10-16(21-11-13)12-6-2-1-3-7-12/h4-5,8-12H,1-3,6-7H2,(H,19,20). The quantitative estimate of drug-likeness (QED) is 0.732. The molecule has 1 aromatic carbocycles. The highest BCUT2D eigenvalue weighted by Gasteiger charge is 2.19. The van der Waals surface area contributed by atoms with Crippen LogP contribution >= 0.6 is 27.3 Å². The number of amides is 1. The summed E-state index contributed by atoms with van der Waals surface area (Å²) in [5, 5.41) is 4.95. The third-order valence-corrected chi connectivity index (χ3v) is 5.80. The Kier molecular flexibility index (Phi) is 4.76. The Balaban J connectivity index is 1.71. The summed E-state index contributed by atoms with van der Waals surface area (Å²) in [6.45, 7) is 0. The van der Waals surface area contributed by atoms with Crippen molar-refractivity contribution < 1.29 is 4.79 Å². The molecular formula is C17H18BrNOS. The van der Waals surface area contributed by atoms with Gasteiger partial charge >= 0.3 is 0 Å². The minimum atomic E-state index is -0.0276. The molecule has 1 fully saturated rings. The van der Waals surface area contributed by atoms with Crippen LogP contribution in [0.15, 0.2) is 40.2 Å². The minimum Gasteiger partial charge on any atom is -0.321 e. The number of carbonyl (C=O) groups is 1.